The molecule has 2 amide bonds. The van der Waals surface area contributed by atoms with Gasteiger partial charge in [0.15, 0.2) is 0 Å². The van der Waals surface area contributed by atoms with E-state index < -0.39 is 34.3 Å². The van der Waals surface area contributed by atoms with Gasteiger partial charge in [0.2, 0.25) is 11.8 Å². The van der Waals surface area contributed by atoms with Gasteiger partial charge < -0.3 is 10.2 Å². The van der Waals surface area contributed by atoms with Gasteiger partial charge in [0.1, 0.15) is 18.4 Å². The van der Waals surface area contributed by atoms with Crippen LogP contribution in [0.25, 0.3) is 0 Å². The standard InChI is InChI=1S/C31H38FN3O4S/c1-6-29(31(37)33-19-22(2)3)34(20-25-12-14-26(32)15-13-25)30(36)21-35(27-17-23(4)16-24(5)18-27)40(38,39)28-10-8-7-9-11-28/h7-18,22,29H,6,19-21H2,1-5H3,(H,33,37)/t29-/m0/s1. The molecule has 1 atom stereocenters. The van der Waals surface area contributed by atoms with E-state index in [4.69, 9.17) is 0 Å². The van der Waals surface area contributed by atoms with E-state index in [1.54, 1.807) is 49.4 Å². The average Bonchev–Trinajstić information content (AvgIpc) is 2.91. The van der Waals surface area contributed by atoms with Crippen molar-refractivity contribution in [3.05, 3.63) is 95.3 Å². The summed E-state index contributed by atoms with van der Waals surface area (Å²) in [6, 6.07) is 18.1. The van der Waals surface area contributed by atoms with Crippen LogP contribution in [0.1, 0.15) is 43.9 Å². The van der Waals surface area contributed by atoms with Crippen LogP contribution >= 0.6 is 0 Å². The Morgan fingerprint density at radius 3 is 2.08 bits per heavy atom. The van der Waals surface area contributed by atoms with Crippen molar-refractivity contribution in [3.8, 4) is 0 Å². The van der Waals surface area contributed by atoms with Gasteiger partial charge in [-0.15, -0.1) is 0 Å². The summed E-state index contributed by atoms with van der Waals surface area (Å²) in [5, 5.41) is 2.89. The number of aryl methyl sites for hydroxylation is 2. The summed E-state index contributed by atoms with van der Waals surface area (Å²) in [6.45, 7) is 9.39. The van der Waals surface area contributed by atoms with Crippen molar-refractivity contribution in [1.29, 1.82) is 0 Å². The van der Waals surface area contributed by atoms with E-state index in [1.807, 2.05) is 33.8 Å². The van der Waals surface area contributed by atoms with Crippen molar-refractivity contribution in [2.24, 2.45) is 5.92 Å². The zero-order valence-electron chi connectivity index (χ0n) is 23.7. The van der Waals surface area contributed by atoms with Crippen LogP contribution < -0.4 is 9.62 Å². The van der Waals surface area contributed by atoms with Crippen molar-refractivity contribution >= 4 is 27.5 Å². The van der Waals surface area contributed by atoms with Crippen molar-refractivity contribution in [2.45, 2.75) is 58.5 Å². The van der Waals surface area contributed by atoms with Crippen molar-refractivity contribution < 1.29 is 22.4 Å². The SMILES string of the molecule is CC[C@@H](C(=O)NCC(C)C)N(Cc1ccc(F)cc1)C(=O)CN(c1cc(C)cc(C)c1)S(=O)(=O)c1ccccc1. The maximum absolute atomic E-state index is 14.1. The van der Waals surface area contributed by atoms with Gasteiger partial charge in [-0.05, 0) is 79.3 Å². The van der Waals surface area contributed by atoms with Crippen LogP contribution in [0.15, 0.2) is 77.7 Å². The van der Waals surface area contributed by atoms with E-state index in [0.29, 0.717) is 24.2 Å². The van der Waals surface area contributed by atoms with Crippen LogP contribution in [0.2, 0.25) is 0 Å². The number of anilines is 1. The predicted octanol–water partition coefficient (Wildman–Crippen LogP) is 5.22. The summed E-state index contributed by atoms with van der Waals surface area (Å²) in [5.41, 5.74) is 2.67. The molecule has 0 fully saturated rings. The van der Waals surface area contributed by atoms with Gasteiger partial charge in [-0.25, -0.2) is 12.8 Å². The largest absolute Gasteiger partial charge is 0.354 e. The molecule has 0 aromatic heterocycles. The second kappa shape index (κ2) is 13.6. The highest BCUT2D eigenvalue weighted by Gasteiger charge is 2.33. The molecule has 0 spiro atoms. The second-order valence-electron chi connectivity index (χ2n) is 10.4. The Morgan fingerprint density at radius 2 is 1.52 bits per heavy atom. The Hall–Kier alpha value is -3.72. The van der Waals surface area contributed by atoms with E-state index in [-0.39, 0.29) is 23.3 Å². The zero-order chi connectivity index (χ0) is 29.4. The van der Waals surface area contributed by atoms with E-state index >= 15 is 0 Å². The minimum Gasteiger partial charge on any atom is -0.354 e. The van der Waals surface area contributed by atoms with Crippen LogP contribution in [0.5, 0.6) is 0 Å². The number of hydrogen-bond donors (Lipinski definition) is 1. The molecule has 3 aromatic carbocycles. The molecule has 0 aliphatic rings. The van der Waals surface area contributed by atoms with Crippen molar-refractivity contribution in [2.75, 3.05) is 17.4 Å². The zero-order valence-corrected chi connectivity index (χ0v) is 24.5. The fourth-order valence-corrected chi connectivity index (χ4v) is 5.89. The molecule has 0 bridgehead atoms. The summed E-state index contributed by atoms with van der Waals surface area (Å²) in [7, 11) is -4.13. The minimum atomic E-state index is -4.13. The third kappa shape index (κ3) is 7.91. The molecular formula is C31H38FN3O4S. The molecule has 0 unspecified atom stereocenters. The number of hydrogen-bond acceptors (Lipinski definition) is 4. The number of sulfonamides is 1. The van der Waals surface area contributed by atoms with E-state index in [9.17, 15) is 22.4 Å². The van der Waals surface area contributed by atoms with Crippen LogP contribution in [0.3, 0.4) is 0 Å². The number of benzene rings is 3. The van der Waals surface area contributed by atoms with Gasteiger partial charge in [-0.1, -0.05) is 57.2 Å². The quantitative estimate of drug-likeness (QED) is 0.325. The Kier molecular flexibility index (Phi) is 10.5. The third-order valence-electron chi connectivity index (χ3n) is 6.44. The van der Waals surface area contributed by atoms with Gasteiger partial charge >= 0.3 is 0 Å². The van der Waals surface area contributed by atoms with Gasteiger partial charge in [0, 0.05) is 13.1 Å². The normalized spacial score (nSPS) is 12.2. The maximum Gasteiger partial charge on any atom is 0.264 e. The van der Waals surface area contributed by atoms with Crippen molar-refractivity contribution in [1.82, 2.24) is 10.2 Å². The number of carbonyl (C=O) groups excluding carboxylic acids is 2. The molecular weight excluding hydrogens is 529 g/mol. The summed E-state index contributed by atoms with van der Waals surface area (Å²) < 4.78 is 42.5. The number of halogens is 1. The minimum absolute atomic E-state index is 0.0127. The molecule has 0 aliphatic carbocycles. The average molecular weight is 568 g/mol. The maximum atomic E-state index is 14.1. The summed E-state index contributed by atoms with van der Waals surface area (Å²) >= 11 is 0. The highest BCUT2D eigenvalue weighted by atomic mass is 32.2. The van der Waals surface area contributed by atoms with E-state index in [0.717, 1.165) is 15.4 Å². The van der Waals surface area contributed by atoms with Crippen LogP contribution in [-0.2, 0) is 26.2 Å². The molecule has 0 radical (unpaired) electrons. The first-order chi connectivity index (χ1) is 18.9. The molecule has 1 N–H and O–H groups in total. The monoisotopic (exact) mass is 567 g/mol. The first-order valence-corrected chi connectivity index (χ1v) is 14.8. The molecule has 214 valence electrons. The lowest BCUT2D eigenvalue weighted by Gasteiger charge is -2.33. The lowest BCUT2D eigenvalue weighted by Crippen LogP contribution is -2.52. The van der Waals surface area contributed by atoms with E-state index in [2.05, 4.69) is 5.32 Å². The van der Waals surface area contributed by atoms with Gasteiger partial charge in [0.05, 0.1) is 10.6 Å². The molecule has 3 rings (SSSR count). The first kappa shape index (κ1) is 30.8. The number of nitrogens with zero attached hydrogens (tertiary/aromatic N) is 2. The fraction of sp³-hybridized carbons (Fsp3) is 0.355. The molecule has 0 heterocycles. The first-order valence-electron chi connectivity index (χ1n) is 13.4. The number of carbonyl (C=O) groups is 2. The lowest BCUT2D eigenvalue weighted by atomic mass is 10.1. The molecule has 9 heteroatoms. The molecule has 40 heavy (non-hydrogen) atoms. The lowest BCUT2D eigenvalue weighted by molar-refractivity contribution is -0.140. The van der Waals surface area contributed by atoms with Crippen LogP contribution in [0, 0.1) is 25.6 Å². The Bertz CT molecular complexity index is 1390. The summed E-state index contributed by atoms with van der Waals surface area (Å²) in [5.74, 6) is -1.08. The number of nitrogens with one attached hydrogen (secondary N) is 1. The molecule has 0 saturated carbocycles. The number of amides is 2. The smallest absolute Gasteiger partial charge is 0.264 e. The topological polar surface area (TPSA) is 86.8 Å². The molecule has 0 saturated heterocycles. The Morgan fingerprint density at radius 1 is 0.925 bits per heavy atom. The third-order valence-corrected chi connectivity index (χ3v) is 8.23. The second-order valence-corrected chi connectivity index (χ2v) is 12.2. The van der Waals surface area contributed by atoms with Crippen LogP contribution in [0.4, 0.5) is 10.1 Å². The summed E-state index contributed by atoms with van der Waals surface area (Å²) in [4.78, 5) is 28.7. The highest BCUT2D eigenvalue weighted by molar-refractivity contribution is 7.92. The van der Waals surface area contributed by atoms with Gasteiger partial charge in [-0.2, -0.15) is 0 Å². The fourth-order valence-electron chi connectivity index (χ4n) is 4.47. The highest BCUT2D eigenvalue weighted by Crippen LogP contribution is 2.27. The molecule has 7 nitrogen and oxygen atoms in total. The van der Waals surface area contributed by atoms with Gasteiger partial charge in [0.25, 0.3) is 10.0 Å². The van der Waals surface area contributed by atoms with Crippen molar-refractivity contribution in [3.63, 3.8) is 0 Å². The molecule has 3 aromatic rings. The van der Waals surface area contributed by atoms with Crippen LogP contribution in [-0.4, -0.2) is 44.3 Å². The van der Waals surface area contributed by atoms with E-state index in [1.165, 1.54) is 29.2 Å². The Labute approximate surface area is 237 Å². The predicted molar refractivity (Wildman–Crippen MR) is 156 cm³/mol. The van der Waals surface area contributed by atoms with Gasteiger partial charge in [-0.3, -0.25) is 13.9 Å². The molecule has 0 aliphatic heterocycles. The summed E-state index contributed by atoms with van der Waals surface area (Å²) in [6.07, 6.45) is 0.311. The number of rotatable bonds is 12. The Balaban J connectivity index is 2.06.